The Morgan fingerprint density at radius 3 is 2.55 bits per heavy atom. The van der Waals surface area contributed by atoms with Crippen LogP contribution in [0.1, 0.15) is 62.3 Å². The highest BCUT2D eigenvalue weighted by Crippen LogP contribution is 2.57. The molecule has 0 radical (unpaired) electrons. The maximum atomic E-state index is 6.30. The Bertz CT molecular complexity index is 591. The molecular formula is C16H21N3O. The summed E-state index contributed by atoms with van der Waals surface area (Å²) in [7, 11) is 0. The number of hydrogen-bond acceptors (Lipinski definition) is 4. The second-order valence-electron chi connectivity index (χ2n) is 6.46. The summed E-state index contributed by atoms with van der Waals surface area (Å²) >= 11 is 0. The summed E-state index contributed by atoms with van der Waals surface area (Å²) in [6.45, 7) is 6.49. The molecule has 1 saturated carbocycles. The molecule has 1 aliphatic rings. The maximum absolute atomic E-state index is 6.30. The van der Waals surface area contributed by atoms with Crippen LogP contribution in [-0.4, -0.2) is 10.1 Å². The Kier molecular flexibility index (Phi) is 3.13. The minimum atomic E-state index is -0.128. The second kappa shape index (κ2) is 4.70. The third-order valence-electron chi connectivity index (χ3n) is 4.40. The van der Waals surface area contributed by atoms with E-state index in [0.29, 0.717) is 17.2 Å². The number of benzene rings is 1. The first kappa shape index (κ1) is 13.3. The van der Waals surface area contributed by atoms with Gasteiger partial charge >= 0.3 is 0 Å². The van der Waals surface area contributed by atoms with Gasteiger partial charge in [0, 0.05) is 12.0 Å². The minimum Gasteiger partial charge on any atom is -0.339 e. The molecule has 1 aromatic heterocycles. The molecule has 3 unspecified atom stereocenters. The third-order valence-corrected chi connectivity index (χ3v) is 4.40. The van der Waals surface area contributed by atoms with Gasteiger partial charge in [-0.3, -0.25) is 0 Å². The lowest BCUT2D eigenvalue weighted by atomic mass is 9.95. The van der Waals surface area contributed by atoms with Gasteiger partial charge < -0.3 is 10.3 Å². The molecule has 1 aliphatic carbocycles. The SMILES string of the molecule is CC(c1nc(C2CC2(C)C)no1)C(N)c1ccccc1. The Morgan fingerprint density at radius 1 is 1.30 bits per heavy atom. The fraction of sp³-hybridized carbons (Fsp3) is 0.500. The molecule has 20 heavy (non-hydrogen) atoms. The van der Waals surface area contributed by atoms with Gasteiger partial charge in [-0.2, -0.15) is 4.98 Å². The summed E-state index contributed by atoms with van der Waals surface area (Å²) in [4.78, 5) is 4.56. The van der Waals surface area contributed by atoms with Gasteiger partial charge in [-0.1, -0.05) is 56.3 Å². The Morgan fingerprint density at radius 2 is 1.95 bits per heavy atom. The lowest BCUT2D eigenvalue weighted by Gasteiger charge is -2.16. The van der Waals surface area contributed by atoms with Crippen molar-refractivity contribution >= 4 is 0 Å². The molecule has 0 spiro atoms. The number of rotatable bonds is 4. The van der Waals surface area contributed by atoms with Gasteiger partial charge in [-0.25, -0.2) is 0 Å². The van der Waals surface area contributed by atoms with Gasteiger partial charge in [0.25, 0.3) is 0 Å². The first-order valence-corrected chi connectivity index (χ1v) is 7.13. The fourth-order valence-electron chi connectivity index (χ4n) is 2.60. The molecule has 1 aromatic carbocycles. The van der Waals surface area contributed by atoms with Crippen LogP contribution in [0.5, 0.6) is 0 Å². The summed E-state index contributed by atoms with van der Waals surface area (Å²) in [6, 6.07) is 9.91. The monoisotopic (exact) mass is 271 g/mol. The Hall–Kier alpha value is -1.68. The molecule has 0 aliphatic heterocycles. The van der Waals surface area contributed by atoms with Crippen LogP contribution < -0.4 is 5.73 Å². The van der Waals surface area contributed by atoms with E-state index in [-0.39, 0.29) is 12.0 Å². The van der Waals surface area contributed by atoms with Crippen LogP contribution in [0.15, 0.2) is 34.9 Å². The molecule has 106 valence electrons. The normalized spacial score (nSPS) is 23.3. The number of nitrogens with zero attached hydrogens (tertiary/aromatic N) is 2. The lowest BCUT2D eigenvalue weighted by molar-refractivity contribution is 0.339. The zero-order valence-electron chi connectivity index (χ0n) is 12.2. The minimum absolute atomic E-state index is 0.0144. The van der Waals surface area contributed by atoms with Crippen molar-refractivity contribution in [2.75, 3.05) is 0 Å². The zero-order chi connectivity index (χ0) is 14.3. The molecule has 3 rings (SSSR count). The maximum Gasteiger partial charge on any atom is 0.231 e. The summed E-state index contributed by atoms with van der Waals surface area (Å²) in [5, 5.41) is 4.13. The second-order valence-corrected chi connectivity index (χ2v) is 6.46. The van der Waals surface area contributed by atoms with Gasteiger partial charge in [0.2, 0.25) is 5.89 Å². The molecular weight excluding hydrogens is 250 g/mol. The number of nitrogens with two attached hydrogens (primary N) is 1. The number of aromatic nitrogens is 2. The summed E-state index contributed by atoms with van der Waals surface area (Å²) < 4.78 is 5.42. The van der Waals surface area contributed by atoms with E-state index in [1.807, 2.05) is 37.3 Å². The molecule has 2 aromatic rings. The lowest BCUT2D eigenvalue weighted by Crippen LogP contribution is -2.17. The van der Waals surface area contributed by atoms with Crippen LogP contribution in [0.3, 0.4) is 0 Å². The Balaban J connectivity index is 1.76. The van der Waals surface area contributed by atoms with E-state index in [0.717, 1.165) is 17.8 Å². The van der Waals surface area contributed by atoms with Crippen molar-refractivity contribution in [2.24, 2.45) is 11.1 Å². The van der Waals surface area contributed by atoms with Crippen molar-refractivity contribution in [2.45, 2.75) is 45.1 Å². The molecule has 4 heteroatoms. The standard InChI is InChI=1S/C16H21N3O/c1-10(13(17)11-7-5-4-6-8-11)15-18-14(19-20-15)12-9-16(12,2)3/h4-8,10,12-13H,9,17H2,1-3H3. The van der Waals surface area contributed by atoms with Gasteiger partial charge in [-0.05, 0) is 17.4 Å². The average molecular weight is 271 g/mol. The molecule has 1 fully saturated rings. The van der Waals surface area contributed by atoms with E-state index in [1.165, 1.54) is 0 Å². The van der Waals surface area contributed by atoms with E-state index in [2.05, 4.69) is 24.0 Å². The molecule has 0 amide bonds. The van der Waals surface area contributed by atoms with Crippen LogP contribution in [0.25, 0.3) is 0 Å². The van der Waals surface area contributed by atoms with Crippen LogP contribution in [0.4, 0.5) is 0 Å². The largest absolute Gasteiger partial charge is 0.339 e. The fourth-order valence-corrected chi connectivity index (χ4v) is 2.60. The average Bonchev–Trinajstić information content (AvgIpc) is 2.90. The van der Waals surface area contributed by atoms with Gasteiger partial charge in [0.05, 0.1) is 5.92 Å². The highest BCUT2D eigenvalue weighted by atomic mass is 16.5. The van der Waals surface area contributed by atoms with Gasteiger partial charge in [-0.15, -0.1) is 0 Å². The molecule has 2 N–H and O–H groups in total. The topological polar surface area (TPSA) is 64.9 Å². The smallest absolute Gasteiger partial charge is 0.231 e. The van der Waals surface area contributed by atoms with E-state index in [4.69, 9.17) is 10.3 Å². The molecule has 4 nitrogen and oxygen atoms in total. The van der Waals surface area contributed by atoms with E-state index < -0.39 is 0 Å². The highest BCUT2D eigenvalue weighted by Gasteiger charge is 2.49. The van der Waals surface area contributed by atoms with Crippen molar-refractivity contribution in [1.29, 1.82) is 0 Å². The van der Waals surface area contributed by atoms with E-state index in [9.17, 15) is 0 Å². The zero-order valence-corrected chi connectivity index (χ0v) is 12.2. The number of hydrogen-bond donors (Lipinski definition) is 1. The molecule has 0 bridgehead atoms. The predicted molar refractivity (Wildman–Crippen MR) is 77.2 cm³/mol. The van der Waals surface area contributed by atoms with Crippen molar-refractivity contribution in [3.05, 3.63) is 47.6 Å². The van der Waals surface area contributed by atoms with E-state index >= 15 is 0 Å². The predicted octanol–water partition coefficient (Wildman–Crippen LogP) is 3.39. The molecule has 3 atom stereocenters. The van der Waals surface area contributed by atoms with Crippen LogP contribution >= 0.6 is 0 Å². The highest BCUT2D eigenvalue weighted by molar-refractivity contribution is 5.22. The molecule has 0 saturated heterocycles. The first-order valence-electron chi connectivity index (χ1n) is 7.13. The Labute approximate surface area is 119 Å². The molecule has 1 heterocycles. The van der Waals surface area contributed by atoms with Gasteiger partial charge in [0.1, 0.15) is 0 Å². The van der Waals surface area contributed by atoms with Crippen molar-refractivity contribution in [1.82, 2.24) is 10.1 Å². The van der Waals surface area contributed by atoms with Crippen LogP contribution in [0, 0.1) is 5.41 Å². The van der Waals surface area contributed by atoms with Crippen molar-refractivity contribution < 1.29 is 4.52 Å². The van der Waals surface area contributed by atoms with Crippen molar-refractivity contribution in [3.8, 4) is 0 Å². The van der Waals surface area contributed by atoms with Crippen molar-refractivity contribution in [3.63, 3.8) is 0 Å². The summed E-state index contributed by atoms with van der Waals surface area (Å²) in [5.41, 5.74) is 7.70. The third kappa shape index (κ3) is 2.36. The first-order chi connectivity index (χ1) is 9.49. The van der Waals surface area contributed by atoms with Crippen LogP contribution in [-0.2, 0) is 0 Å². The summed E-state index contributed by atoms with van der Waals surface area (Å²) in [6.07, 6.45) is 1.13. The summed E-state index contributed by atoms with van der Waals surface area (Å²) in [5.74, 6) is 1.91. The van der Waals surface area contributed by atoms with E-state index in [1.54, 1.807) is 0 Å². The quantitative estimate of drug-likeness (QED) is 0.925. The van der Waals surface area contributed by atoms with Gasteiger partial charge in [0.15, 0.2) is 5.82 Å². The van der Waals surface area contributed by atoms with Crippen LogP contribution in [0.2, 0.25) is 0 Å².